The lowest BCUT2D eigenvalue weighted by Gasteiger charge is -2.24. The van der Waals surface area contributed by atoms with Crippen LogP contribution in [0.2, 0.25) is 0 Å². The van der Waals surface area contributed by atoms with Crippen molar-refractivity contribution in [3.8, 4) is 11.3 Å². The summed E-state index contributed by atoms with van der Waals surface area (Å²) < 4.78 is 34.8. The Bertz CT molecular complexity index is 1590. The average Bonchev–Trinajstić information content (AvgIpc) is 3.55. The van der Waals surface area contributed by atoms with E-state index in [-0.39, 0.29) is 28.5 Å². The number of hydrogen-bond donors (Lipinski definition) is 3. The Kier molecular flexibility index (Phi) is 7.71. The summed E-state index contributed by atoms with van der Waals surface area (Å²) in [7, 11) is -3.84. The van der Waals surface area contributed by atoms with E-state index in [1.54, 1.807) is 37.8 Å². The number of amides is 2. The smallest absolute Gasteiger partial charge is 0.410 e. The van der Waals surface area contributed by atoms with Crippen molar-refractivity contribution in [1.82, 2.24) is 24.9 Å². The SMILES string of the molecule is CC(C)(C)OC(=O)N1CC[C@H](NC(=O)c2nc(-c3cccc(S(=O)(=O)N[C@@H]4CCc5ccccc54)c3)cnc2N)C1. The van der Waals surface area contributed by atoms with Gasteiger partial charge < -0.3 is 20.7 Å². The van der Waals surface area contributed by atoms with Gasteiger partial charge in [-0.1, -0.05) is 36.4 Å². The molecule has 2 heterocycles. The van der Waals surface area contributed by atoms with Gasteiger partial charge in [0.1, 0.15) is 5.60 Å². The van der Waals surface area contributed by atoms with E-state index in [9.17, 15) is 18.0 Å². The fourth-order valence-electron chi connectivity index (χ4n) is 5.09. The van der Waals surface area contributed by atoms with Crippen molar-refractivity contribution in [3.05, 3.63) is 71.5 Å². The van der Waals surface area contributed by atoms with Crippen LogP contribution in [0.4, 0.5) is 10.6 Å². The number of likely N-dealkylation sites (tertiary alicyclic amines) is 1. The van der Waals surface area contributed by atoms with Crippen molar-refractivity contribution >= 4 is 27.8 Å². The summed E-state index contributed by atoms with van der Waals surface area (Å²) in [6.45, 7) is 6.13. The quantitative estimate of drug-likeness (QED) is 0.402. The molecule has 12 heteroatoms. The normalized spacial score (nSPS) is 18.7. The topological polar surface area (TPSA) is 157 Å². The lowest BCUT2D eigenvalue weighted by molar-refractivity contribution is 0.0290. The number of nitrogens with zero attached hydrogens (tertiary/aromatic N) is 3. The zero-order valence-electron chi connectivity index (χ0n) is 23.3. The highest BCUT2D eigenvalue weighted by atomic mass is 32.2. The highest BCUT2D eigenvalue weighted by molar-refractivity contribution is 7.89. The zero-order valence-corrected chi connectivity index (χ0v) is 24.1. The Morgan fingerprint density at radius 3 is 2.66 bits per heavy atom. The summed E-state index contributed by atoms with van der Waals surface area (Å²) in [5, 5.41) is 2.87. The van der Waals surface area contributed by atoms with Crippen molar-refractivity contribution in [2.45, 2.75) is 62.6 Å². The lowest BCUT2D eigenvalue weighted by atomic mass is 10.1. The molecule has 0 bridgehead atoms. The number of aromatic nitrogens is 2. The van der Waals surface area contributed by atoms with Crippen molar-refractivity contribution in [3.63, 3.8) is 0 Å². The molecule has 1 saturated heterocycles. The molecule has 216 valence electrons. The number of sulfonamides is 1. The molecule has 0 unspecified atom stereocenters. The maximum absolute atomic E-state index is 13.3. The highest BCUT2D eigenvalue weighted by Crippen LogP contribution is 2.32. The van der Waals surface area contributed by atoms with E-state index >= 15 is 0 Å². The first-order chi connectivity index (χ1) is 19.4. The number of anilines is 1. The van der Waals surface area contributed by atoms with Gasteiger partial charge in [0.15, 0.2) is 11.5 Å². The molecule has 3 aromatic rings. The number of benzene rings is 2. The van der Waals surface area contributed by atoms with Crippen LogP contribution < -0.4 is 15.8 Å². The van der Waals surface area contributed by atoms with Crippen LogP contribution in [-0.4, -0.2) is 60.0 Å². The lowest BCUT2D eigenvalue weighted by Crippen LogP contribution is -2.40. The highest BCUT2D eigenvalue weighted by Gasteiger charge is 2.32. The van der Waals surface area contributed by atoms with Crippen LogP contribution in [0.3, 0.4) is 0 Å². The molecule has 5 rings (SSSR count). The molecule has 0 spiro atoms. The van der Waals surface area contributed by atoms with Crippen LogP contribution in [0.25, 0.3) is 11.3 Å². The number of carbonyl (C=O) groups excluding carboxylic acids is 2. The Balaban J connectivity index is 1.29. The summed E-state index contributed by atoms with van der Waals surface area (Å²) in [4.78, 5) is 35.7. The molecule has 2 aromatic carbocycles. The van der Waals surface area contributed by atoms with Gasteiger partial charge in [-0.2, -0.15) is 0 Å². The van der Waals surface area contributed by atoms with Crippen LogP contribution in [0.1, 0.15) is 61.3 Å². The standard InChI is InChI=1S/C29H34N6O5S/c1-29(2,3)40-28(37)35-14-13-20(17-35)32-27(36)25-26(30)31-16-24(33-25)19-8-6-9-21(15-19)41(38,39)34-23-12-11-18-7-4-5-10-22(18)23/h4-10,15-16,20,23,34H,11-14,17H2,1-3H3,(H2,30,31)(H,32,36)/t20-,23+/m0/s1. The average molecular weight is 579 g/mol. The predicted octanol–water partition coefficient (Wildman–Crippen LogP) is 3.43. The largest absolute Gasteiger partial charge is 0.444 e. The predicted molar refractivity (Wildman–Crippen MR) is 153 cm³/mol. The van der Waals surface area contributed by atoms with Crippen LogP contribution in [0, 0.1) is 0 Å². The number of rotatable bonds is 6. The fourth-order valence-corrected chi connectivity index (χ4v) is 6.38. The van der Waals surface area contributed by atoms with Crippen molar-refractivity contribution in [2.75, 3.05) is 18.8 Å². The molecule has 2 amide bonds. The third-order valence-electron chi connectivity index (χ3n) is 7.06. The number of carbonyl (C=O) groups is 2. The number of ether oxygens (including phenoxy) is 1. The molecule has 1 aromatic heterocycles. The molecule has 1 fully saturated rings. The number of hydrogen-bond acceptors (Lipinski definition) is 8. The van der Waals surface area contributed by atoms with E-state index in [1.165, 1.54) is 18.3 Å². The molecule has 1 aliphatic heterocycles. The summed E-state index contributed by atoms with van der Waals surface area (Å²) in [5.41, 5.74) is 8.21. The second kappa shape index (κ2) is 11.1. The summed E-state index contributed by atoms with van der Waals surface area (Å²) in [6, 6.07) is 13.5. The second-order valence-corrected chi connectivity index (χ2v) is 13.0. The summed E-state index contributed by atoms with van der Waals surface area (Å²) in [6.07, 6.45) is 3.03. The second-order valence-electron chi connectivity index (χ2n) is 11.3. The first-order valence-electron chi connectivity index (χ1n) is 13.5. The minimum Gasteiger partial charge on any atom is -0.444 e. The molecule has 2 atom stereocenters. The number of aryl methyl sites for hydroxylation is 1. The maximum Gasteiger partial charge on any atom is 0.410 e. The molecule has 0 saturated carbocycles. The van der Waals surface area contributed by atoms with E-state index < -0.39 is 27.6 Å². The van der Waals surface area contributed by atoms with E-state index in [0.717, 1.165) is 17.5 Å². The molecule has 11 nitrogen and oxygen atoms in total. The molecular weight excluding hydrogens is 544 g/mol. The molecule has 4 N–H and O–H groups in total. The van der Waals surface area contributed by atoms with Crippen LogP contribution in [0.15, 0.2) is 59.6 Å². The van der Waals surface area contributed by atoms with Gasteiger partial charge in [0, 0.05) is 30.7 Å². The van der Waals surface area contributed by atoms with Gasteiger partial charge in [0.05, 0.1) is 16.8 Å². The van der Waals surface area contributed by atoms with Crippen molar-refractivity contribution < 1.29 is 22.7 Å². The Morgan fingerprint density at radius 1 is 1.10 bits per heavy atom. The van der Waals surface area contributed by atoms with Gasteiger partial charge in [-0.15, -0.1) is 0 Å². The zero-order chi connectivity index (χ0) is 29.4. The van der Waals surface area contributed by atoms with Crippen LogP contribution in [0.5, 0.6) is 0 Å². The Hall–Kier alpha value is -4.03. The van der Waals surface area contributed by atoms with Crippen LogP contribution in [-0.2, 0) is 21.2 Å². The molecule has 0 radical (unpaired) electrons. The molecular formula is C29H34N6O5S. The first kappa shape index (κ1) is 28.5. The number of nitrogens with one attached hydrogen (secondary N) is 2. The van der Waals surface area contributed by atoms with Gasteiger partial charge in [-0.25, -0.2) is 27.9 Å². The molecule has 1 aliphatic carbocycles. The Morgan fingerprint density at radius 2 is 1.88 bits per heavy atom. The molecule has 41 heavy (non-hydrogen) atoms. The number of fused-ring (bicyclic) bond motifs is 1. The van der Waals surface area contributed by atoms with Gasteiger partial charge in [-0.05, 0) is 63.3 Å². The van der Waals surface area contributed by atoms with Gasteiger partial charge in [0.25, 0.3) is 5.91 Å². The van der Waals surface area contributed by atoms with E-state index in [4.69, 9.17) is 10.5 Å². The van der Waals surface area contributed by atoms with Crippen LogP contribution >= 0.6 is 0 Å². The number of nitrogens with two attached hydrogens (primary N) is 1. The number of nitrogen functional groups attached to an aromatic ring is 1. The Labute approximate surface area is 239 Å². The maximum atomic E-state index is 13.3. The van der Waals surface area contributed by atoms with Gasteiger partial charge in [0.2, 0.25) is 10.0 Å². The van der Waals surface area contributed by atoms with Gasteiger partial charge >= 0.3 is 6.09 Å². The van der Waals surface area contributed by atoms with Gasteiger partial charge in [-0.3, -0.25) is 4.79 Å². The minimum absolute atomic E-state index is 0.0569. The third kappa shape index (κ3) is 6.49. The first-order valence-corrected chi connectivity index (χ1v) is 15.0. The van der Waals surface area contributed by atoms with E-state index in [0.29, 0.717) is 37.2 Å². The fraction of sp³-hybridized carbons (Fsp3) is 0.379. The monoisotopic (exact) mass is 578 g/mol. The van der Waals surface area contributed by atoms with E-state index in [2.05, 4.69) is 20.0 Å². The third-order valence-corrected chi connectivity index (χ3v) is 8.53. The van der Waals surface area contributed by atoms with Crippen molar-refractivity contribution in [2.24, 2.45) is 0 Å². The molecule has 2 aliphatic rings. The minimum atomic E-state index is -3.84. The summed E-state index contributed by atoms with van der Waals surface area (Å²) in [5.74, 6) is -0.586. The van der Waals surface area contributed by atoms with Crippen molar-refractivity contribution in [1.29, 1.82) is 0 Å². The van der Waals surface area contributed by atoms with E-state index in [1.807, 2.05) is 24.3 Å². The summed E-state index contributed by atoms with van der Waals surface area (Å²) >= 11 is 0.